The van der Waals surface area contributed by atoms with Gasteiger partial charge in [0.2, 0.25) is 11.9 Å². The van der Waals surface area contributed by atoms with Crippen molar-refractivity contribution in [2.24, 2.45) is 0 Å². The lowest BCUT2D eigenvalue weighted by molar-refractivity contribution is 0.952. The van der Waals surface area contributed by atoms with Crippen LogP contribution in [0.15, 0.2) is 291 Å². The van der Waals surface area contributed by atoms with E-state index in [1.165, 1.54) is 27.8 Å². The number of aromatic nitrogens is 9. The number of benzene rings is 12. The van der Waals surface area contributed by atoms with Gasteiger partial charge in [-0.1, -0.05) is 243 Å². The Morgan fingerprint density at radius 1 is 0.261 bits per heavy atom. The Morgan fingerprint density at radius 2 is 0.705 bits per heavy atom. The topological polar surface area (TPSA) is 92.1 Å². The number of para-hydroxylation sites is 3. The molecule has 0 aliphatic heterocycles. The van der Waals surface area contributed by atoms with E-state index in [2.05, 4.69) is 226 Å². The standard InChI is InChI=1S/C79H49N9/c1-5-23-49(24-6-1)69-58-36-13-14-37-59(58)70-63(69)44-43-60-57-35-15-18-40-64(57)88(73(60)70)79-84-76(52-29-11-4-12-30-52)81-77(85-79)55-33-21-31-53(47-55)54-32-22-34-56(48-54)86-65-41-19-16-38-61(65)71-67(86)45-46-68-72(71)62-39-17-20-42-66(62)87(68)78-82-74(50-25-7-2-8-26-50)80-75(83-78)51-27-9-3-10-28-51/h1-48,69H. The summed E-state index contributed by atoms with van der Waals surface area (Å²) in [7, 11) is 0. The van der Waals surface area contributed by atoms with Crippen molar-refractivity contribution >= 4 is 65.4 Å². The fourth-order valence-corrected chi connectivity index (χ4v) is 13.8. The van der Waals surface area contributed by atoms with Gasteiger partial charge in [-0.15, -0.1) is 0 Å². The number of rotatable bonds is 9. The van der Waals surface area contributed by atoms with Gasteiger partial charge < -0.3 is 4.57 Å². The number of nitrogens with zero attached hydrogens (tertiary/aromatic N) is 9. The molecule has 0 saturated carbocycles. The molecular formula is C79H49N9. The third-order valence-electron chi connectivity index (χ3n) is 17.6. The summed E-state index contributed by atoms with van der Waals surface area (Å²) in [6, 6.07) is 103. The average Bonchev–Trinajstić information content (AvgIpc) is 1.67. The van der Waals surface area contributed by atoms with Crippen LogP contribution in [0.3, 0.4) is 0 Å². The summed E-state index contributed by atoms with van der Waals surface area (Å²) in [6.07, 6.45) is 0. The maximum Gasteiger partial charge on any atom is 0.238 e. The number of fused-ring (bicyclic) bond motifs is 14. The molecule has 12 aromatic carbocycles. The Hall–Kier alpha value is -11.9. The van der Waals surface area contributed by atoms with E-state index in [1.807, 2.05) is 78.9 Å². The second-order valence-electron chi connectivity index (χ2n) is 22.6. The molecule has 5 heterocycles. The third kappa shape index (κ3) is 7.74. The Morgan fingerprint density at radius 3 is 1.32 bits per heavy atom. The van der Waals surface area contributed by atoms with Gasteiger partial charge in [-0.25, -0.2) is 9.97 Å². The minimum Gasteiger partial charge on any atom is -0.309 e. The summed E-state index contributed by atoms with van der Waals surface area (Å²) >= 11 is 0. The van der Waals surface area contributed by atoms with Crippen LogP contribution in [-0.2, 0) is 0 Å². The zero-order chi connectivity index (χ0) is 57.8. The monoisotopic (exact) mass is 1120 g/mol. The van der Waals surface area contributed by atoms with Gasteiger partial charge in [-0.05, 0) is 81.9 Å². The predicted molar refractivity (Wildman–Crippen MR) is 356 cm³/mol. The van der Waals surface area contributed by atoms with E-state index in [9.17, 15) is 0 Å². The molecule has 0 bridgehead atoms. The van der Waals surface area contributed by atoms with Crippen molar-refractivity contribution in [3.05, 3.63) is 308 Å². The number of hydrogen-bond donors (Lipinski definition) is 0. The highest BCUT2D eigenvalue weighted by molar-refractivity contribution is 6.29. The predicted octanol–water partition coefficient (Wildman–Crippen LogP) is 18.8. The van der Waals surface area contributed by atoms with Crippen molar-refractivity contribution in [2.45, 2.75) is 5.92 Å². The van der Waals surface area contributed by atoms with E-state index in [4.69, 9.17) is 29.9 Å². The zero-order valence-corrected chi connectivity index (χ0v) is 47.3. The lowest BCUT2D eigenvalue weighted by atomic mass is 9.89. The highest BCUT2D eigenvalue weighted by atomic mass is 15.2. The molecule has 88 heavy (non-hydrogen) atoms. The van der Waals surface area contributed by atoms with Gasteiger partial charge in [-0.2, -0.15) is 19.9 Å². The Bertz CT molecular complexity index is 5580. The first-order chi connectivity index (χ1) is 43.7. The van der Waals surface area contributed by atoms with Crippen molar-refractivity contribution < 1.29 is 0 Å². The van der Waals surface area contributed by atoms with Crippen molar-refractivity contribution in [3.63, 3.8) is 0 Å². The van der Waals surface area contributed by atoms with E-state index < -0.39 is 0 Å². The highest BCUT2D eigenvalue weighted by Gasteiger charge is 2.34. The van der Waals surface area contributed by atoms with Crippen LogP contribution in [0.25, 0.3) is 151 Å². The fraction of sp³-hybridized carbons (Fsp3) is 0.0127. The summed E-state index contributed by atoms with van der Waals surface area (Å²) in [6.45, 7) is 0. The van der Waals surface area contributed by atoms with Crippen LogP contribution in [0.1, 0.15) is 22.6 Å². The molecule has 0 spiro atoms. The molecular weight excluding hydrogens is 1070 g/mol. The Kier molecular flexibility index (Phi) is 11.2. The summed E-state index contributed by atoms with van der Waals surface area (Å²) < 4.78 is 6.89. The lowest BCUT2D eigenvalue weighted by Crippen LogP contribution is -2.07. The van der Waals surface area contributed by atoms with Crippen LogP contribution < -0.4 is 0 Å². The first-order valence-electron chi connectivity index (χ1n) is 29.7. The van der Waals surface area contributed by atoms with Gasteiger partial charge in [-0.3, -0.25) is 9.13 Å². The molecule has 1 aliphatic carbocycles. The van der Waals surface area contributed by atoms with Crippen LogP contribution in [0.2, 0.25) is 0 Å². The van der Waals surface area contributed by atoms with Crippen LogP contribution in [-0.4, -0.2) is 43.6 Å². The molecule has 1 atom stereocenters. The van der Waals surface area contributed by atoms with Crippen molar-refractivity contribution in [2.75, 3.05) is 0 Å². The normalized spacial score (nSPS) is 12.9. The van der Waals surface area contributed by atoms with Crippen LogP contribution in [0, 0.1) is 0 Å². The molecule has 17 aromatic rings. The maximum atomic E-state index is 5.52. The molecule has 0 N–H and O–H groups in total. The maximum absolute atomic E-state index is 5.52. The van der Waals surface area contributed by atoms with Crippen molar-refractivity contribution in [3.8, 4) is 85.4 Å². The van der Waals surface area contributed by atoms with Crippen LogP contribution in [0.4, 0.5) is 0 Å². The summed E-state index contributed by atoms with van der Waals surface area (Å²) in [5.74, 6) is 3.59. The molecule has 9 nitrogen and oxygen atoms in total. The van der Waals surface area contributed by atoms with Gasteiger partial charge in [0.25, 0.3) is 0 Å². The first-order valence-corrected chi connectivity index (χ1v) is 29.7. The molecule has 1 aliphatic rings. The lowest BCUT2D eigenvalue weighted by Gasteiger charge is -2.15. The minimum atomic E-state index is 0.0790. The summed E-state index contributed by atoms with van der Waals surface area (Å²) in [5, 5.41) is 6.84. The molecule has 0 saturated heterocycles. The van der Waals surface area contributed by atoms with E-state index in [1.54, 1.807) is 0 Å². The molecule has 1 unspecified atom stereocenters. The van der Waals surface area contributed by atoms with E-state index in [0.29, 0.717) is 35.2 Å². The average molecular weight is 1120 g/mol. The molecule has 0 radical (unpaired) electrons. The summed E-state index contributed by atoms with van der Waals surface area (Å²) in [4.78, 5) is 31.8. The van der Waals surface area contributed by atoms with E-state index in [0.717, 1.165) is 104 Å². The minimum absolute atomic E-state index is 0.0790. The quantitative estimate of drug-likeness (QED) is 0.143. The van der Waals surface area contributed by atoms with E-state index in [-0.39, 0.29) is 5.92 Å². The second-order valence-corrected chi connectivity index (χ2v) is 22.6. The molecule has 410 valence electrons. The summed E-state index contributed by atoms with van der Waals surface area (Å²) in [5.41, 5.74) is 19.3. The fourth-order valence-electron chi connectivity index (χ4n) is 13.8. The largest absolute Gasteiger partial charge is 0.309 e. The molecule has 0 fully saturated rings. The highest BCUT2D eigenvalue weighted by Crippen LogP contribution is 2.53. The van der Waals surface area contributed by atoms with Crippen LogP contribution >= 0.6 is 0 Å². The Balaban J connectivity index is 0.792. The van der Waals surface area contributed by atoms with Gasteiger partial charge in [0, 0.05) is 71.7 Å². The van der Waals surface area contributed by atoms with Gasteiger partial charge in [0.05, 0.1) is 33.1 Å². The first kappa shape index (κ1) is 49.5. The number of hydrogen-bond acceptors (Lipinski definition) is 6. The molecule has 5 aromatic heterocycles. The van der Waals surface area contributed by atoms with Gasteiger partial charge in [0.15, 0.2) is 23.3 Å². The van der Waals surface area contributed by atoms with Crippen molar-refractivity contribution in [1.29, 1.82) is 0 Å². The molecule has 9 heteroatoms. The smallest absolute Gasteiger partial charge is 0.238 e. The molecule has 0 amide bonds. The third-order valence-corrected chi connectivity index (χ3v) is 17.6. The van der Waals surface area contributed by atoms with Crippen LogP contribution in [0.5, 0.6) is 0 Å². The molecule has 18 rings (SSSR count). The van der Waals surface area contributed by atoms with E-state index >= 15 is 0 Å². The van der Waals surface area contributed by atoms with Gasteiger partial charge in [0.1, 0.15) is 0 Å². The SMILES string of the molecule is c1ccc(-c2nc(-c3ccccc3)nc(-n3c4ccccc4c4c5c6ccccc6n(-c6cccc(-c7cccc(-c8nc(-c9ccccc9)nc(-n9c%10ccccc%10c%10ccc%11c(c%109)-c9ccccc9C%11c9ccccc9)n8)c7)c6)c5ccc43)n2)cc1. The van der Waals surface area contributed by atoms with Gasteiger partial charge >= 0.3 is 0 Å². The second kappa shape index (κ2) is 19.8. The zero-order valence-electron chi connectivity index (χ0n) is 47.3. The van der Waals surface area contributed by atoms with Crippen molar-refractivity contribution in [1.82, 2.24) is 43.6 Å². The Labute approximate surface area is 505 Å².